The molecule has 0 spiro atoms. The molecule has 2 unspecified atom stereocenters. The zero-order valence-electron chi connectivity index (χ0n) is 13.5. The predicted molar refractivity (Wildman–Crippen MR) is 91.8 cm³/mol. The van der Waals surface area contributed by atoms with Gasteiger partial charge in [-0.05, 0) is 25.8 Å². The SMILES string of the molecule is Cc1ccc(Cc2nc(C(=O)N3CCC(C(C)O)C3)cs2)cc1. The van der Waals surface area contributed by atoms with Crippen LogP contribution in [0.5, 0.6) is 0 Å². The van der Waals surface area contributed by atoms with Gasteiger partial charge in [-0.1, -0.05) is 29.8 Å². The second-order valence-electron chi connectivity index (χ2n) is 6.33. The number of benzene rings is 1. The van der Waals surface area contributed by atoms with Crippen LogP contribution in [0, 0.1) is 12.8 Å². The van der Waals surface area contributed by atoms with Crippen LogP contribution in [-0.2, 0) is 6.42 Å². The number of carbonyl (C=O) groups excluding carboxylic acids is 1. The molecule has 0 saturated carbocycles. The average molecular weight is 330 g/mol. The minimum absolute atomic E-state index is 0.0143. The number of aromatic nitrogens is 1. The molecule has 122 valence electrons. The van der Waals surface area contributed by atoms with Gasteiger partial charge in [0.1, 0.15) is 5.69 Å². The molecule has 1 aliphatic rings. The standard InChI is InChI=1S/C18H22N2O2S/c1-12-3-5-14(6-4-12)9-17-19-16(11-23-17)18(22)20-8-7-15(10-20)13(2)21/h3-6,11,13,15,21H,7-10H2,1-2H3. The number of nitrogens with zero attached hydrogens (tertiary/aromatic N) is 2. The van der Waals surface area contributed by atoms with E-state index in [1.807, 2.05) is 10.3 Å². The molecule has 23 heavy (non-hydrogen) atoms. The van der Waals surface area contributed by atoms with Gasteiger partial charge in [0.2, 0.25) is 0 Å². The van der Waals surface area contributed by atoms with E-state index in [9.17, 15) is 9.90 Å². The molecule has 1 fully saturated rings. The maximum Gasteiger partial charge on any atom is 0.273 e. The highest BCUT2D eigenvalue weighted by atomic mass is 32.1. The van der Waals surface area contributed by atoms with Gasteiger partial charge in [0.05, 0.1) is 11.1 Å². The highest BCUT2D eigenvalue weighted by Gasteiger charge is 2.30. The number of carbonyl (C=O) groups is 1. The van der Waals surface area contributed by atoms with E-state index < -0.39 is 0 Å². The summed E-state index contributed by atoms with van der Waals surface area (Å²) in [5.74, 6) is 0.171. The summed E-state index contributed by atoms with van der Waals surface area (Å²) in [6, 6.07) is 8.39. The summed E-state index contributed by atoms with van der Waals surface area (Å²) >= 11 is 1.53. The quantitative estimate of drug-likeness (QED) is 0.938. The van der Waals surface area contributed by atoms with Crippen LogP contribution in [-0.4, -0.2) is 40.1 Å². The first-order valence-corrected chi connectivity index (χ1v) is 8.88. The summed E-state index contributed by atoms with van der Waals surface area (Å²) in [6.45, 7) is 5.20. The average Bonchev–Trinajstić information content (AvgIpc) is 3.18. The van der Waals surface area contributed by atoms with E-state index in [0.717, 1.165) is 17.8 Å². The van der Waals surface area contributed by atoms with Gasteiger partial charge < -0.3 is 10.0 Å². The Hall–Kier alpha value is -1.72. The lowest BCUT2D eigenvalue weighted by Gasteiger charge is -2.16. The third-order valence-corrected chi connectivity index (χ3v) is 5.29. The predicted octanol–water partition coefficient (Wildman–Crippen LogP) is 2.89. The topological polar surface area (TPSA) is 53.4 Å². The van der Waals surface area contributed by atoms with Gasteiger partial charge in [-0.2, -0.15) is 0 Å². The lowest BCUT2D eigenvalue weighted by atomic mass is 10.0. The van der Waals surface area contributed by atoms with Crippen LogP contribution in [0.1, 0.15) is 40.0 Å². The summed E-state index contributed by atoms with van der Waals surface area (Å²) in [5.41, 5.74) is 2.98. The third kappa shape index (κ3) is 3.79. The van der Waals surface area contributed by atoms with Crippen molar-refractivity contribution in [3.05, 3.63) is 51.5 Å². The minimum atomic E-state index is -0.361. The summed E-state index contributed by atoms with van der Waals surface area (Å²) in [6.07, 6.45) is 1.26. The molecule has 3 rings (SSSR count). The maximum atomic E-state index is 12.5. The van der Waals surface area contributed by atoms with Gasteiger partial charge in [-0.25, -0.2) is 4.98 Å². The minimum Gasteiger partial charge on any atom is -0.393 e. The van der Waals surface area contributed by atoms with E-state index in [1.54, 1.807) is 6.92 Å². The molecule has 0 aliphatic carbocycles. The Balaban J connectivity index is 1.65. The number of rotatable bonds is 4. The van der Waals surface area contributed by atoms with E-state index in [0.29, 0.717) is 18.8 Å². The maximum absolute atomic E-state index is 12.5. The molecule has 1 amide bonds. The molecule has 4 nitrogen and oxygen atoms in total. The molecule has 0 radical (unpaired) electrons. The second kappa shape index (κ2) is 6.81. The van der Waals surface area contributed by atoms with Crippen molar-refractivity contribution in [2.75, 3.05) is 13.1 Å². The van der Waals surface area contributed by atoms with Gasteiger partial charge in [0.25, 0.3) is 5.91 Å². The molecule has 1 aromatic heterocycles. The number of likely N-dealkylation sites (tertiary alicyclic amines) is 1. The van der Waals surface area contributed by atoms with Crippen LogP contribution < -0.4 is 0 Å². The first-order valence-electron chi connectivity index (χ1n) is 8.00. The molecule has 2 aromatic rings. The van der Waals surface area contributed by atoms with Crippen LogP contribution in [0.4, 0.5) is 0 Å². The summed E-state index contributed by atoms with van der Waals surface area (Å²) < 4.78 is 0. The van der Waals surface area contributed by atoms with E-state index in [-0.39, 0.29) is 17.9 Å². The summed E-state index contributed by atoms with van der Waals surface area (Å²) in [5, 5.41) is 12.5. The van der Waals surface area contributed by atoms with Gasteiger partial charge in [-0.3, -0.25) is 4.79 Å². The van der Waals surface area contributed by atoms with Gasteiger partial charge in [-0.15, -0.1) is 11.3 Å². The molecule has 2 atom stereocenters. The Kier molecular flexibility index (Phi) is 4.78. The number of aliphatic hydroxyl groups is 1. The third-order valence-electron chi connectivity index (χ3n) is 4.44. The van der Waals surface area contributed by atoms with Crippen LogP contribution in [0.2, 0.25) is 0 Å². The van der Waals surface area contributed by atoms with Gasteiger partial charge in [0, 0.05) is 30.8 Å². The fraction of sp³-hybridized carbons (Fsp3) is 0.444. The first-order chi connectivity index (χ1) is 11.0. The van der Waals surface area contributed by atoms with E-state index in [2.05, 4.69) is 36.2 Å². The molecule has 0 bridgehead atoms. The number of amides is 1. The Morgan fingerprint density at radius 2 is 2.17 bits per heavy atom. The van der Waals surface area contributed by atoms with Crippen molar-refractivity contribution in [1.82, 2.24) is 9.88 Å². The Bertz CT molecular complexity index is 679. The number of hydrogen-bond donors (Lipinski definition) is 1. The van der Waals surface area contributed by atoms with Crippen molar-refractivity contribution >= 4 is 17.2 Å². The van der Waals surface area contributed by atoms with Crippen LogP contribution in [0.25, 0.3) is 0 Å². The molecule has 5 heteroatoms. The molecular weight excluding hydrogens is 308 g/mol. The number of thiazole rings is 1. The smallest absolute Gasteiger partial charge is 0.273 e. The van der Waals surface area contributed by atoms with Gasteiger partial charge in [0.15, 0.2) is 0 Å². The van der Waals surface area contributed by atoms with Crippen LogP contribution in [0.3, 0.4) is 0 Å². The van der Waals surface area contributed by atoms with Crippen molar-refractivity contribution in [2.45, 2.75) is 32.8 Å². The zero-order valence-corrected chi connectivity index (χ0v) is 14.3. The summed E-state index contributed by atoms with van der Waals surface area (Å²) in [4.78, 5) is 18.8. The Labute approximate surface area is 140 Å². The monoisotopic (exact) mass is 330 g/mol. The van der Waals surface area contributed by atoms with E-state index in [4.69, 9.17) is 0 Å². The number of hydrogen-bond acceptors (Lipinski definition) is 4. The fourth-order valence-electron chi connectivity index (χ4n) is 2.90. The van der Waals surface area contributed by atoms with Crippen molar-refractivity contribution in [3.63, 3.8) is 0 Å². The van der Waals surface area contributed by atoms with E-state index >= 15 is 0 Å². The molecule has 2 heterocycles. The summed E-state index contributed by atoms with van der Waals surface area (Å²) in [7, 11) is 0. The Morgan fingerprint density at radius 3 is 2.83 bits per heavy atom. The highest BCUT2D eigenvalue weighted by molar-refractivity contribution is 7.09. The van der Waals surface area contributed by atoms with Crippen molar-refractivity contribution in [3.8, 4) is 0 Å². The lowest BCUT2D eigenvalue weighted by Crippen LogP contribution is -2.30. The fourth-order valence-corrected chi connectivity index (χ4v) is 3.70. The van der Waals surface area contributed by atoms with Gasteiger partial charge >= 0.3 is 0 Å². The zero-order chi connectivity index (χ0) is 16.4. The highest BCUT2D eigenvalue weighted by Crippen LogP contribution is 2.23. The number of aliphatic hydroxyl groups excluding tert-OH is 1. The molecule has 1 saturated heterocycles. The van der Waals surface area contributed by atoms with Crippen LogP contribution in [0.15, 0.2) is 29.6 Å². The lowest BCUT2D eigenvalue weighted by molar-refractivity contribution is 0.0757. The van der Waals surface area contributed by atoms with Crippen molar-refractivity contribution < 1.29 is 9.90 Å². The molecular formula is C18H22N2O2S. The Morgan fingerprint density at radius 1 is 1.43 bits per heavy atom. The van der Waals surface area contributed by atoms with E-state index in [1.165, 1.54) is 22.5 Å². The largest absolute Gasteiger partial charge is 0.393 e. The van der Waals surface area contributed by atoms with Crippen molar-refractivity contribution in [2.24, 2.45) is 5.92 Å². The first kappa shape index (κ1) is 16.1. The number of aryl methyl sites for hydroxylation is 1. The molecule has 1 N–H and O–H groups in total. The molecule has 1 aromatic carbocycles. The normalized spacial score (nSPS) is 19.1. The second-order valence-corrected chi connectivity index (χ2v) is 7.27. The molecule has 1 aliphatic heterocycles. The van der Waals surface area contributed by atoms with Crippen LogP contribution >= 0.6 is 11.3 Å². The van der Waals surface area contributed by atoms with Crippen molar-refractivity contribution in [1.29, 1.82) is 0 Å².